The molecular formula is C9H10O3. The zero-order valence-corrected chi connectivity index (χ0v) is 6.69. The van der Waals surface area contributed by atoms with Crippen molar-refractivity contribution in [1.82, 2.24) is 0 Å². The number of ketones is 1. The van der Waals surface area contributed by atoms with Gasteiger partial charge >= 0.3 is 0 Å². The van der Waals surface area contributed by atoms with Gasteiger partial charge in [-0.1, -0.05) is 30.3 Å². The Kier molecular flexibility index (Phi) is 2.26. The number of hydrogen-bond donors (Lipinski definition) is 2. The van der Waals surface area contributed by atoms with Gasteiger partial charge < -0.3 is 10.2 Å². The normalized spacial score (nSPS) is 11.2. The number of hydrogen-bond acceptors (Lipinski definition) is 3. The topological polar surface area (TPSA) is 57.5 Å². The van der Waals surface area contributed by atoms with Crippen LogP contribution in [0.2, 0.25) is 0 Å². The molecule has 0 saturated heterocycles. The molecule has 0 fully saturated rings. The standard InChI is InChI=1S/C9H10O3/c1-7(10)9(11,12)8-5-3-2-4-6-8/h2-6,11-12H,1H3. The van der Waals surface area contributed by atoms with Crippen LogP contribution in [0.4, 0.5) is 0 Å². The lowest BCUT2D eigenvalue weighted by molar-refractivity contribution is -0.184. The lowest BCUT2D eigenvalue weighted by Gasteiger charge is -2.17. The van der Waals surface area contributed by atoms with Gasteiger partial charge in [0.05, 0.1) is 0 Å². The van der Waals surface area contributed by atoms with Gasteiger partial charge in [-0.25, -0.2) is 0 Å². The van der Waals surface area contributed by atoms with Crippen molar-refractivity contribution < 1.29 is 15.0 Å². The quantitative estimate of drug-likeness (QED) is 0.626. The second-order valence-electron chi connectivity index (χ2n) is 2.59. The van der Waals surface area contributed by atoms with Crippen LogP contribution in [-0.2, 0) is 10.6 Å². The maximum Gasteiger partial charge on any atom is 0.251 e. The van der Waals surface area contributed by atoms with E-state index in [2.05, 4.69) is 0 Å². The van der Waals surface area contributed by atoms with E-state index in [1.807, 2.05) is 0 Å². The number of rotatable bonds is 2. The maximum absolute atomic E-state index is 10.8. The molecule has 0 bridgehead atoms. The molecule has 2 N–H and O–H groups in total. The van der Waals surface area contributed by atoms with Crippen molar-refractivity contribution in [2.75, 3.05) is 0 Å². The van der Waals surface area contributed by atoms with E-state index in [1.54, 1.807) is 18.2 Å². The van der Waals surface area contributed by atoms with Gasteiger partial charge in [0.2, 0.25) is 0 Å². The zero-order chi connectivity index (χ0) is 9.19. The number of carbonyl (C=O) groups excluding carboxylic acids is 1. The molecule has 1 rings (SSSR count). The summed E-state index contributed by atoms with van der Waals surface area (Å²) in [6, 6.07) is 7.99. The van der Waals surface area contributed by atoms with Crippen LogP contribution in [-0.4, -0.2) is 16.0 Å². The minimum atomic E-state index is -2.35. The van der Waals surface area contributed by atoms with Crippen LogP contribution in [0.15, 0.2) is 30.3 Å². The van der Waals surface area contributed by atoms with Gasteiger partial charge in [-0.15, -0.1) is 0 Å². The van der Waals surface area contributed by atoms with Gasteiger partial charge in [0.1, 0.15) is 0 Å². The molecule has 64 valence electrons. The van der Waals surface area contributed by atoms with Crippen molar-refractivity contribution in [1.29, 1.82) is 0 Å². The van der Waals surface area contributed by atoms with Gasteiger partial charge in [0.25, 0.3) is 5.79 Å². The number of aliphatic hydroxyl groups is 2. The van der Waals surface area contributed by atoms with Crippen LogP contribution in [0.5, 0.6) is 0 Å². The summed E-state index contributed by atoms with van der Waals surface area (Å²) in [7, 11) is 0. The fourth-order valence-electron chi connectivity index (χ4n) is 0.874. The Hall–Kier alpha value is -1.19. The van der Waals surface area contributed by atoms with E-state index in [0.29, 0.717) is 0 Å². The maximum atomic E-state index is 10.8. The minimum Gasteiger partial charge on any atom is -0.356 e. The van der Waals surface area contributed by atoms with Gasteiger partial charge in [-0.2, -0.15) is 0 Å². The first-order valence-electron chi connectivity index (χ1n) is 3.56. The third-order valence-electron chi connectivity index (χ3n) is 1.67. The van der Waals surface area contributed by atoms with Crippen LogP contribution in [0.1, 0.15) is 12.5 Å². The summed E-state index contributed by atoms with van der Waals surface area (Å²) in [5.41, 5.74) is 0.192. The van der Waals surface area contributed by atoms with E-state index in [4.69, 9.17) is 0 Å². The summed E-state index contributed by atoms with van der Waals surface area (Å²) >= 11 is 0. The summed E-state index contributed by atoms with van der Waals surface area (Å²) in [5.74, 6) is -3.03. The van der Waals surface area contributed by atoms with Crippen molar-refractivity contribution in [3.63, 3.8) is 0 Å². The van der Waals surface area contributed by atoms with E-state index in [9.17, 15) is 15.0 Å². The summed E-state index contributed by atoms with van der Waals surface area (Å²) in [4.78, 5) is 10.8. The molecular weight excluding hydrogens is 156 g/mol. The van der Waals surface area contributed by atoms with Crippen LogP contribution >= 0.6 is 0 Å². The van der Waals surface area contributed by atoms with Crippen LogP contribution in [0.3, 0.4) is 0 Å². The second-order valence-corrected chi connectivity index (χ2v) is 2.59. The second kappa shape index (κ2) is 3.05. The molecule has 1 aromatic rings. The van der Waals surface area contributed by atoms with Gasteiger partial charge in [0, 0.05) is 12.5 Å². The molecule has 3 heteroatoms. The Labute approximate surface area is 70.3 Å². The zero-order valence-electron chi connectivity index (χ0n) is 6.69. The Morgan fingerprint density at radius 2 is 1.75 bits per heavy atom. The van der Waals surface area contributed by atoms with Gasteiger partial charge in [0.15, 0.2) is 5.78 Å². The van der Waals surface area contributed by atoms with E-state index >= 15 is 0 Å². The van der Waals surface area contributed by atoms with E-state index in [0.717, 1.165) is 6.92 Å². The molecule has 0 amide bonds. The van der Waals surface area contributed by atoms with Gasteiger partial charge in [-0.3, -0.25) is 4.79 Å². The Bertz CT molecular complexity index is 277. The molecule has 0 saturated carbocycles. The molecule has 0 radical (unpaired) electrons. The predicted molar refractivity (Wildman–Crippen MR) is 43.2 cm³/mol. The molecule has 0 aromatic heterocycles. The van der Waals surface area contributed by atoms with Crippen LogP contribution in [0.25, 0.3) is 0 Å². The monoisotopic (exact) mass is 166 g/mol. The van der Waals surface area contributed by atoms with E-state index in [1.165, 1.54) is 12.1 Å². The Morgan fingerprint density at radius 1 is 1.25 bits per heavy atom. The first-order chi connectivity index (χ1) is 5.55. The highest BCUT2D eigenvalue weighted by Crippen LogP contribution is 2.17. The molecule has 0 heterocycles. The van der Waals surface area contributed by atoms with Crippen molar-refractivity contribution in [2.45, 2.75) is 12.7 Å². The van der Waals surface area contributed by atoms with Crippen LogP contribution < -0.4 is 0 Å². The van der Waals surface area contributed by atoms with E-state index < -0.39 is 11.6 Å². The first kappa shape index (κ1) is 8.90. The van der Waals surface area contributed by atoms with Crippen molar-refractivity contribution in [3.05, 3.63) is 35.9 Å². The van der Waals surface area contributed by atoms with Crippen molar-refractivity contribution in [3.8, 4) is 0 Å². The minimum absolute atomic E-state index is 0.192. The summed E-state index contributed by atoms with van der Waals surface area (Å²) < 4.78 is 0. The third-order valence-corrected chi connectivity index (χ3v) is 1.67. The fourth-order valence-corrected chi connectivity index (χ4v) is 0.874. The highest BCUT2D eigenvalue weighted by Gasteiger charge is 2.31. The molecule has 0 spiro atoms. The SMILES string of the molecule is CC(=O)C(O)(O)c1ccccc1. The number of carbonyl (C=O) groups is 1. The molecule has 0 aliphatic rings. The first-order valence-corrected chi connectivity index (χ1v) is 3.56. The highest BCUT2D eigenvalue weighted by molar-refractivity contribution is 5.84. The molecule has 3 nitrogen and oxygen atoms in total. The Balaban J connectivity index is 3.06. The molecule has 12 heavy (non-hydrogen) atoms. The molecule has 0 aliphatic carbocycles. The summed E-state index contributed by atoms with van der Waals surface area (Å²) in [6.07, 6.45) is 0. The molecule has 0 atom stereocenters. The lowest BCUT2D eigenvalue weighted by Crippen LogP contribution is -2.33. The number of benzene rings is 1. The molecule has 1 aromatic carbocycles. The van der Waals surface area contributed by atoms with Crippen LogP contribution in [0, 0.1) is 0 Å². The summed E-state index contributed by atoms with van der Waals surface area (Å²) in [5, 5.41) is 18.5. The Morgan fingerprint density at radius 3 is 2.17 bits per heavy atom. The molecule has 0 unspecified atom stereocenters. The lowest BCUT2D eigenvalue weighted by atomic mass is 10.0. The van der Waals surface area contributed by atoms with Crippen molar-refractivity contribution in [2.24, 2.45) is 0 Å². The average molecular weight is 166 g/mol. The van der Waals surface area contributed by atoms with Gasteiger partial charge in [-0.05, 0) is 0 Å². The van der Waals surface area contributed by atoms with Crippen molar-refractivity contribution >= 4 is 5.78 Å². The van der Waals surface area contributed by atoms with E-state index in [-0.39, 0.29) is 5.56 Å². The highest BCUT2D eigenvalue weighted by atomic mass is 16.5. The molecule has 0 aliphatic heterocycles. The smallest absolute Gasteiger partial charge is 0.251 e. The average Bonchev–Trinajstić information content (AvgIpc) is 2.06. The number of Topliss-reactive ketones (excluding diaryl/α,β-unsaturated/α-hetero) is 1. The summed E-state index contributed by atoms with van der Waals surface area (Å²) in [6.45, 7) is 1.13. The largest absolute Gasteiger partial charge is 0.356 e. The fraction of sp³-hybridized carbons (Fsp3) is 0.222. The third kappa shape index (κ3) is 1.52. The predicted octanol–water partition coefficient (Wildman–Crippen LogP) is 0.413.